The highest BCUT2D eigenvalue weighted by Gasteiger charge is 2.44. The Balaban J connectivity index is 2.33. The van der Waals surface area contributed by atoms with E-state index in [1.807, 2.05) is 19.1 Å². The van der Waals surface area contributed by atoms with E-state index >= 15 is 0 Å². The zero-order chi connectivity index (χ0) is 14.8. The summed E-state index contributed by atoms with van der Waals surface area (Å²) in [6.45, 7) is 4.72. The molecule has 0 aromatic heterocycles. The van der Waals surface area contributed by atoms with Crippen LogP contribution in [0.2, 0.25) is 0 Å². The molecule has 2 rings (SSSR count). The van der Waals surface area contributed by atoms with E-state index in [0.717, 1.165) is 31.4 Å². The molecule has 2 N–H and O–H groups in total. The average molecular weight is 277 g/mol. The molecule has 1 aromatic rings. The minimum atomic E-state index is -0.795. The van der Waals surface area contributed by atoms with Gasteiger partial charge in [-0.25, -0.2) is 0 Å². The monoisotopic (exact) mass is 277 g/mol. The molecular weight excluding hydrogens is 254 g/mol. The first-order valence-corrected chi connectivity index (χ1v) is 7.28. The van der Waals surface area contributed by atoms with Gasteiger partial charge >= 0.3 is 5.97 Å². The topological polar surface area (TPSA) is 60.8 Å². The number of benzene rings is 1. The van der Waals surface area contributed by atoms with Crippen LogP contribution in [0.1, 0.15) is 51.1 Å². The van der Waals surface area contributed by atoms with Gasteiger partial charge in [0.2, 0.25) is 0 Å². The van der Waals surface area contributed by atoms with Crippen molar-refractivity contribution < 1.29 is 15.0 Å². The Labute approximate surface area is 120 Å². The quantitative estimate of drug-likeness (QED) is 0.887. The minimum Gasteiger partial charge on any atom is -0.508 e. The highest BCUT2D eigenvalue weighted by molar-refractivity contribution is 5.78. The molecule has 1 fully saturated rings. The maximum atomic E-state index is 11.7. The van der Waals surface area contributed by atoms with Gasteiger partial charge in [-0.2, -0.15) is 0 Å². The summed E-state index contributed by atoms with van der Waals surface area (Å²) in [5, 5.41) is 19.0. The molecule has 0 amide bonds. The van der Waals surface area contributed by atoms with Crippen molar-refractivity contribution in [3.05, 3.63) is 29.8 Å². The molecule has 0 radical (unpaired) electrons. The number of nitrogens with zero attached hydrogens (tertiary/aromatic N) is 1. The Morgan fingerprint density at radius 2 is 2.00 bits per heavy atom. The van der Waals surface area contributed by atoms with E-state index < -0.39 is 11.5 Å². The van der Waals surface area contributed by atoms with Crippen LogP contribution in [0, 0.1) is 0 Å². The molecule has 1 aliphatic heterocycles. The molecule has 0 aliphatic carbocycles. The highest BCUT2D eigenvalue weighted by Crippen LogP contribution is 2.37. The highest BCUT2D eigenvalue weighted by atomic mass is 16.4. The average Bonchev–Trinajstić information content (AvgIpc) is 2.43. The molecule has 1 aliphatic rings. The van der Waals surface area contributed by atoms with Crippen molar-refractivity contribution in [2.24, 2.45) is 0 Å². The lowest BCUT2D eigenvalue weighted by Gasteiger charge is -2.46. The lowest BCUT2D eigenvalue weighted by molar-refractivity contribution is -0.155. The fourth-order valence-electron chi connectivity index (χ4n) is 3.20. The van der Waals surface area contributed by atoms with Gasteiger partial charge < -0.3 is 10.2 Å². The summed E-state index contributed by atoms with van der Waals surface area (Å²) < 4.78 is 0. The van der Waals surface area contributed by atoms with Crippen molar-refractivity contribution in [3.8, 4) is 5.75 Å². The summed E-state index contributed by atoms with van der Waals surface area (Å²) in [4.78, 5) is 13.8. The van der Waals surface area contributed by atoms with Crippen LogP contribution < -0.4 is 0 Å². The van der Waals surface area contributed by atoms with Crippen molar-refractivity contribution in [3.63, 3.8) is 0 Å². The van der Waals surface area contributed by atoms with Crippen LogP contribution in [0.3, 0.4) is 0 Å². The van der Waals surface area contributed by atoms with Gasteiger partial charge in [-0.3, -0.25) is 9.69 Å². The molecule has 20 heavy (non-hydrogen) atoms. The number of likely N-dealkylation sites (tertiary alicyclic amines) is 1. The summed E-state index contributed by atoms with van der Waals surface area (Å²) in [6, 6.07) is 7.19. The smallest absolute Gasteiger partial charge is 0.323 e. The second-order valence-corrected chi connectivity index (χ2v) is 5.75. The van der Waals surface area contributed by atoms with E-state index in [2.05, 4.69) is 11.8 Å². The fraction of sp³-hybridized carbons (Fsp3) is 0.562. The molecule has 4 heteroatoms. The van der Waals surface area contributed by atoms with Crippen LogP contribution in [0.15, 0.2) is 24.3 Å². The van der Waals surface area contributed by atoms with Crippen LogP contribution in [0.25, 0.3) is 0 Å². The number of phenols is 1. The molecule has 0 bridgehead atoms. The normalized spacial score (nSPS) is 25.3. The first-order chi connectivity index (χ1) is 9.49. The van der Waals surface area contributed by atoms with E-state index in [0.29, 0.717) is 6.42 Å². The molecule has 2 atom stereocenters. The SMILES string of the molecule is CCC(c1ccc(O)cc1)N1CCCCC1(C)C(=O)O. The van der Waals surface area contributed by atoms with Gasteiger partial charge in [-0.1, -0.05) is 19.1 Å². The van der Waals surface area contributed by atoms with E-state index in [1.54, 1.807) is 12.1 Å². The summed E-state index contributed by atoms with van der Waals surface area (Å²) >= 11 is 0. The van der Waals surface area contributed by atoms with E-state index in [-0.39, 0.29) is 11.8 Å². The Hall–Kier alpha value is -1.55. The lowest BCUT2D eigenvalue weighted by Crippen LogP contribution is -2.56. The number of rotatable bonds is 4. The van der Waals surface area contributed by atoms with Gasteiger partial charge in [-0.05, 0) is 56.8 Å². The lowest BCUT2D eigenvalue weighted by atomic mass is 9.85. The Morgan fingerprint density at radius 1 is 1.35 bits per heavy atom. The predicted molar refractivity (Wildman–Crippen MR) is 77.7 cm³/mol. The molecular formula is C16H23NO3. The van der Waals surface area contributed by atoms with Crippen molar-refractivity contribution >= 4 is 5.97 Å². The van der Waals surface area contributed by atoms with Gasteiger partial charge in [-0.15, -0.1) is 0 Å². The summed E-state index contributed by atoms with van der Waals surface area (Å²) in [6.07, 6.45) is 3.55. The van der Waals surface area contributed by atoms with Crippen LogP contribution >= 0.6 is 0 Å². The predicted octanol–water partition coefficient (Wildman–Crippen LogP) is 3.17. The number of carboxylic acids is 1. The summed E-state index contributed by atoms with van der Waals surface area (Å²) in [7, 11) is 0. The van der Waals surface area contributed by atoms with E-state index in [1.165, 1.54) is 0 Å². The number of piperidine rings is 1. The van der Waals surface area contributed by atoms with Crippen LogP contribution in [-0.4, -0.2) is 33.2 Å². The number of carbonyl (C=O) groups is 1. The Kier molecular flexibility index (Phi) is 4.33. The van der Waals surface area contributed by atoms with Crippen LogP contribution in [0.4, 0.5) is 0 Å². The zero-order valence-electron chi connectivity index (χ0n) is 12.2. The van der Waals surface area contributed by atoms with Gasteiger partial charge in [0.1, 0.15) is 11.3 Å². The number of hydrogen-bond donors (Lipinski definition) is 2. The maximum Gasteiger partial charge on any atom is 0.323 e. The molecule has 4 nitrogen and oxygen atoms in total. The second kappa shape index (κ2) is 5.83. The number of aliphatic carboxylic acids is 1. The van der Waals surface area contributed by atoms with Gasteiger partial charge in [0.25, 0.3) is 0 Å². The largest absolute Gasteiger partial charge is 0.508 e. The molecule has 0 saturated carbocycles. The fourth-order valence-corrected chi connectivity index (χ4v) is 3.20. The second-order valence-electron chi connectivity index (χ2n) is 5.75. The third-order valence-electron chi connectivity index (χ3n) is 4.45. The first-order valence-electron chi connectivity index (χ1n) is 7.28. The number of aromatic hydroxyl groups is 1. The Morgan fingerprint density at radius 3 is 2.55 bits per heavy atom. The third kappa shape index (κ3) is 2.66. The maximum absolute atomic E-state index is 11.7. The molecule has 2 unspecified atom stereocenters. The molecule has 0 spiro atoms. The zero-order valence-corrected chi connectivity index (χ0v) is 12.2. The van der Waals surface area contributed by atoms with Crippen molar-refractivity contribution in [1.29, 1.82) is 0 Å². The third-order valence-corrected chi connectivity index (χ3v) is 4.45. The van der Waals surface area contributed by atoms with Gasteiger partial charge in [0, 0.05) is 6.04 Å². The minimum absolute atomic E-state index is 0.0806. The van der Waals surface area contributed by atoms with Crippen LogP contribution in [0.5, 0.6) is 5.75 Å². The van der Waals surface area contributed by atoms with Crippen molar-refractivity contribution in [2.45, 2.75) is 51.1 Å². The van der Waals surface area contributed by atoms with Crippen molar-refractivity contribution in [1.82, 2.24) is 4.90 Å². The van der Waals surface area contributed by atoms with Crippen LogP contribution in [-0.2, 0) is 4.79 Å². The molecule has 1 saturated heterocycles. The molecule has 1 aromatic carbocycles. The van der Waals surface area contributed by atoms with E-state index in [4.69, 9.17) is 0 Å². The number of hydrogen-bond acceptors (Lipinski definition) is 3. The number of carboxylic acid groups (broad SMARTS) is 1. The molecule has 110 valence electrons. The molecule has 1 heterocycles. The van der Waals surface area contributed by atoms with E-state index in [9.17, 15) is 15.0 Å². The Bertz CT molecular complexity index is 471. The summed E-state index contributed by atoms with van der Waals surface area (Å²) in [5.41, 5.74) is 0.274. The van der Waals surface area contributed by atoms with Gasteiger partial charge in [0.05, 0.1) is 0 Å². The summed E-state index contributed by atoms with van der Waals surface area (Å²) in [5.74, 6) is -0.502. The first kappa shape index (κ1) is 14.9. The number of phenolic OH excluding ortho intramolecular Hbond substituents is 1. The standard InChI is InChI=1S/C16H23NO3/c1-3-14(12-6-8-13(18)9-7-12)17-11-5-4-10-16(17,2)15(19)20/h6-9,14,18H,3-5,10-11H2,1-2H3,(H,19,20). The van der Waals surface area contributed by atoms with Gasteiger partial charge in [0.15, 0.2) is 0 Å². The van der Waals surface area contributed by atoms with Crippen molar-refractivity contribution in [2.75, 3.05) is 6.54 Å².